The van der Waals surface area contributed by atoms with Gasteiger partial charge in [-0.25, -0.2) is 0 Å². The van der Waals surface area contributed by atoms with Crippen LogP contribution in [0.25, 0.3) is 16.3 Å². The summed E-state index contributed by atoms with van der Waals surface area (Å²) in [6.07, 6.45) is 4.22. The molecule has 1 aliphatic heterocycles. The largest absolute Gasteiger partial charge is 0.494 e. The third-order valence-corrected chi connectivity index (χ3v) is 5.14. The Hall–Kier alpha value is -1.91. The number of benzene rings is 1. The molecule has 0 N–H and O–H groups in total. The van der Waals surface area contributed by atoms with Crippen molar-refractivity contribution < 1.29 is 13.7 Å². The molecule has 0 bridgehead atoms. The molecule has 0 spiro atoms. The van der Waals surface area contributed by atoms with E-state index >= 15 is 0 Å². The highest BCUT2D eigenvalue weighted by Gasteiger charge is 2.51. The van der Waals surface area contributed by atoms with Gasteiger partial charge in [-0.3, -0.25) is 0 Å². The summed E-state index contributed by atoms with van der Waals surface area (Å²) in [5, 5.41) is 2.40. The molecule has 1 fully saturated rings. The van der Waals surface area contributed by atoms with E-state index in [1.54, 1.807) is 0 Å². The molecule has 4 rings (SSSR count). The molecule has 1 aromatic carbocycles. The molecule has 1 aliphatic rings. The van der Waals surface area contributed by atoms with E-state index in [9.17, 15) is 0 Å². The second-order valence-corrected chi connectivity index (χ2v) is 7.28. The molecule has 3 nitrogen and oxygen atoms in total. The monoisotopic (exact) mass is 306 g/mol. The molecule has 0 amide bonds. The Morgan fingerprint density at radius 1 is 0.870 bits per heavy atom. The summed E-state index contributed by atoms with van der Waals surface area (Å²) in [6, 6.07) is 14.8. The summed E-state index contributed by atoms with van der Waals surface area (Å²) >= 11 is 0. The van der Waals surface area contributed by atoms with Crippen LogP contribution in [0.2, 0.25) is 0 Å². The van der Waals surface area contributed by atoms with Crippen molar-refractivity contribution in [3.05, 3.63) is 54.9 Å². The summed E-state index contributed by atoms with van der Waals surface area (Å²) in [6.45, 7) is 8.33. The van der Waals surface area contributed by atoms with E-state index in [1.807, 2.05) is 6.07 Å². The van der Waals surface area contributed by atoms with Crippen LogP contribution in [0.5, 0.6) is 0 Å². The maximum atomic E-state index is 6.16. The minimum atomic E-state index is -0.316. The summed E-state index contributed by atoms with van der Waals surface area (Å²) in [5.74, 6) is 0. The maximum Gasteiger partial charge on any atom is 0.494 e. The molecule has 3 heterocycles. The predicted octanol–water partition coefficient (Wildman–Crippen LogP) is 2.88. The van der Waals surface area contributed by atoms with Gasteiger partial charge in [0.25, 0.3) is 0 Å². The summed E-state index contributed by atoms with van der Waals surface area (Å²) in [7, 11) is -0.316. The average Bonchev–Trinajstić information content (AvgIpc) is 2.73. The van der Waals surface area contributed by atoms with E-state index in [2.05, 4.69) is 80.9 Å². The van der Waals surface area contributed by atoms with Gasteiger partial charge in [0.2, 0.25) is 5.52 Å². The van der Waals surface area contributed by atoms with Crippen LogP contribution in [0.1, 0.15) is 27.7 Å². The van der Waals surface area contributed by atoms with Gasteiger partial charge in [-0.15, -0.1) is 0 Å². The number of rotatable bonds is 1. The molecule has 0 aliphatic carbocycles. The van der Waals surface area contributed by atoms with Crippen LogP contribution in [0.3, 0.4) is 0 Å². The molecule has 23 heavy (non-hydrogen) atoms. The van der Waals surface area contributed by atoms with Gasteiger partial charge in [0.15, 0.2) is 12.4 Å². The van der Waals surface area contributed by atoms with E-state index in [4.69, 9.17) is 9.31 Å². The number of hydrogen-bond acceptors (Lipinski definition) is 2. The zero-order valence-corrected chi connectivity index (χ0v) is 14.0. The molecule has 2 aromatic heterocycles. The number of pyridine rings is 2. The highest BCUT2D eigenvalue weighted by atomic mass is 16.7. The summed E-state index contributed by atoms with van der Waals surface area (Å²) in [5.41, 5.74) is 1.61. The molecule has 0 atom stereocenters. The fourth-order valence-corrected chi connectivity index (χ4v) is 2.98. The lowest BCUT2D eigenvalue weighted by Crippen LogP contribution is -2.41. The van der Waals surface area contributed by atoms with Crippen LogP contribution in [-0.2, 0) is 9.31 Å². The second-order valence-electron chi connectivity index (χ2n) is 7.28. The van der Waals surface area contributed by atoms with E-state index in [0.29, 0.717) is 0 Å². The van der Waals surface area contributed by atoms with Crippen LogP contribution in [0, 0.1) is 0 Å². The van der Waals surface area contributed by atoms with Crippen molar-refractivity contribution in [2.45, 2.75) is 38.9 Å². The van der Waals surface area contributed by atoms with Crippen LogP contribution in [0.15, 0.2) is 54.9 Å². The third-order valence-electron chi connectivity index (χ3n) is 5.14. The van der Waals surface area contributed by atoms with Gasteiger partial charge in [-0.1, -0.05) is 12.1 Å². The van der Waals surface area contributed by atoms with Crippen molar-refractivity contribution in [1.29, 1.82) is 0 Å². The fraction of sp³-hybridized carbons (Fsp3) is 0.316. The molecular formula is C19H21BNO2+. The van der Waals surface area contributed by atoms with Crippen LogP contribution < -0.4 is 9.86 Å². The van der Waals surface area contributed by atoms with E-state index in [0.717, 1.165) is 5.46 Å². The standard InChI is InChI=1S/C19H21BNO2/c1-18(2)19(3,4)23-20(22-18)16-9-8-14-13-21-10-6-5-7-17(21)12-15(14)11-16/h5-13H,1-4H3/q+1. The highest BCUT2D eigenvalue weighted by molar-refractivity contribution is 6.62. The molecule has 4 heteroatoms. The minimum absolute atomic E-state index is 0.314. The number of nitrogens with zero attached hydrogens (tertiary/aromatic N) is 1. The number of fused-ring (bicyclic) bond motifs is 2. The first kappa shape index (κ1) is 14.7. The predicted molar refractivity (Wildman–Crippen MR) is 92.8 cm³/mol. The summed E-state index contributed by atoms with van der Waals surface area (Å²) < 4.78 is 14.5. The average molecular weight is 306 g/mol. The van der Waals surface area contributed by atoms with Gasteiger partial charge in [0.1, 0.15) is 0 Å². The first-order valence-electron chi connectivity index (χ1n) is 8.05. The van der Waals surface area contributed by atoms with Crippen LogP contribution in [0.4, 0.5) is 0 Å². The zero-order valence-electron chi connectivity index (χ0n) is 14.0. The van der Waals surface area contributed by atoms with Gasteiger partial charge in [-0.05, 0) is 50.7 Å². The van der Waals surface area contributed by atoms with Crippen LogP contribution >= 0.6 is 0 Å². The zero-order chi connectivity index (χ0) is 16.2. The van der Waals surface area contributed by atoms with Crippen molar-refractivity contribution >= 4 is 28.9 Å². The molecule has 3 aromatic rings. The number of hydrogen-bond donors (Lipinski definition) is 0. The van der Waals surface area contributed by atoms with Crippen molar-refractivity contribution in [3.8, 4) is 0 Å². The Bertz CT molecular complexity index is 888. The topological polar surface area (TPSA) is 22.6 Å². The molecule has 116 valence electrons. The quantitative estimate of drug-likeness (QED) is 0.392. The summed E-state index contributed by atoms with van der Waals surface area (Å²) in [4.78, 5) is 0. The SMILES string of the molecule is CC1(C)OB(c2ccc3c[n+]4ccccc4cc3c2)OC1(C)C. The van der Waals surface area contributed by atoms with Gasteiger partial charge in [0.05, 0.1) is 11.2 Å². The minimum Gasteiger partial charge on any atom is -0.399 e. The van der Waals surface area contributed by atoms with Crippen molar-refractivity contribution in [1.82, 2.24) is 0 Å². The second kappa shape index (κ2) is 4.79. The number of aromatic nitrogens is 1. The Morgan fingerprint density at radius 3 is 2.35 bits per heavy atom. The first-order chi connectivity index (χ1) is 10.9. The van der Waals surface area contributed by atoms with Crippen molar-refractivity contribution in [3.63, 3.8) is 0 Å². The molecule has 0 unspecified atom stereocenters. The molecule has 0 radical (unpaired) electrons. The van der Waals surface area contributed by atoms with Crippen LogP contribution in [-0.4, -0.2) is 18.3 Å². The molecule has 1 saturated heterocycles. The maximum absolute atomic E-state index is 6.16. The Morgan fingerprint density at radius 2 is 1.61 bits per heavy atom. The Labute approximate surface area is 137 Å². The van der Waals surface area contributed by atoms with Crippen molar-refractivity contribution in [2.75, 3.05) is 0 Å². The third kappa shape index (κ3) is 2.33. The lowest BCUT2D eigenvalue weighted by atomic mass is 9.78. The van der Waals surface area contributed by atoms with E-state index in [-0.39, 0.29) is 18.3 Å². The van der Waals surface area contributed by atoms with Gasteiger partial charge < -0.3 is 9.31 Å². The van der Waals surface area contributed by atoms with Gasteiger partial charge >= 0.3 is 7.12 Å². The van der Waals surface area contributed by atoms with Gasteiger partial charge in [-0.2, -0.15) is 4.40 Å². The Balaban J connectivity index is 1.79. The Kier molecular flexibility index (Phi) is 3.06. The van der Waals surface area contributed by atoms with Crippen molar-refractivity contribution in [2.24, 2.45) is 0 Å². The first-order valence-corrected chi connectivity index (χ1v) is 8.05. The lowest BCUT2D eigenvalue weighted by Gasteiger charge is -2.32. The normalized spacial score (nSPS) is 19.6. The lowest BCUT2D eigenvalue weighted by molar-refractivity contribution is -0.510. The fourth-order valence-electron chi connectivity index (χ4n) is 2.98. The highest BCUT2D eigenvalue weighted by Crippen LogP contribution is 2.36. The van der Waals surface area contributed by atoms with E-state index in [1.165, 1.54) is 16.3 Å². The van der Waals surface area contributed by atoms with E-state index < -0.39 is 0 Å². The smallest absolute Gasteiger partial charge is 0.399 e. The molecule has 0 saturated carbocycles. The van der Waals surface area contributed by atoms with Gasteiger partial charge in [0, 0.05) is 23.6 Å². The molecular weight excluding hydrogens is 285 g/mol.